The minimum absolute atomic E-state index is 0.132. The van der Waals surface area contributed by atoms with Crippen molar-refractivity contribution in [3.63, 3.8) is 0 Å². The number of aliphatic imine (C=N–C) groups is 1. The largest absolute Gasteiger partial charge is 0.459 e. The van der Waals surface area contributed by atoms with E-state index in [4.69, 9.17) is 14.1 Å². The molecule has 0 aliphatic heterocycles. The lowest BCUT2D eigenvalue weighted by Gasteiger charge is -2.33. The van der Waals surface area contributed by atoms with Crippen molar-refractivity contribution in [2.75, 3.05) is 5.32 Å². The Labute approximate surface area is 251 Å². The molecule has 0 fully saturated rings. The molecule has 2 aromatic carbocycles. The van der Waals surface area contributed by atoms with Gasteiger partial charge in [-0.1, -0.05) is 45.0 Å². The number of aryl methyl sites for hydroxylation is 1. The van der Waals surface area contributed by atoms with Gasteiger partial charge in [0.2, 0.25) is 0 Å². The number of carbonyl (C=O) groups is 2. The van der Waals surface area contributed by atoms with E-state index in [0.29, 0.717) is 33.6 Å². The van der Waals surface area contributed by atoms with Gasteiger partial charge in [0.05, 0.1) is 23.4 Å². The Morgan fingerprint density at radius 2 is 1.86 bits per heavy atom. The van der Waals surface area contributed by atoms with E-state index in [1.54, 1.807) is 23.6 Å². The third-order valence-electron chi connectivity index (χ3n) is 7.74. The van der Waals surface area contributed by atoms with Crippen LogP contribution in [0.3, 0.4) is 0 Å². The van der Waals surface area contributed by atoms with Crippen molar-refractivity contribution < 1.29 is 18.7 Å². The topological polar surface area (TPSA) is 80.9 Å². The van der Waals surface area contributed by atoms with Gasteiger partial charge in [-0.2, -0.15) is 0 Å². The monoisotopic (exact) mass is 582 g/mol. The Morgan fingerprint density at radius 3 is 2.55 bits per heavy atom. The lowest BCUT2D eigenvalue weighted by atomic mass is 9.72. The zero-order valence-electron chi connectivity index (χ0n) is 25.1. The fourth-order valence-corrected chi connectivity index (χ4v) is 6.66. The second-order valence-electron chi connectivity index (χ2n) is 12.3. The molecule has 2 heterocycles. The molecule has 1 N–H and O–H groups in total. The number of hydrogen-bond acceptors (Lipinski definition) is 6. The molecule has 6 nitrogen and oxygen atoms in total. The van der Waals surface area contributed by atoms with E-state index in [9.17, 15) is 9.59 Å². The molecule has 1 aliphatic rings. The highest BCUT2D eigenvalue weighted by Gasteiger charge is 2.33. The molecule has 4 aromatic rings. The van der Waals surface area contributed by atoms with Gasteiger partial charge in [-0.15, -0.1) is 11.3 Å². The van der Waals surface area contributed by atoms with Gasteiger partial charge < -0.3 is 14.5 Å². The number of nitrogens with one attached hydrogen (secondary N) is 1. The molecule has 1 amide bonds. The maximum Gasteiger partial charge on any atom is 0.338 e. The first-order valence-electron chi connectivity index (χ1n) is 14.5. The zero-order chi connectivity index (χ0) is 30.0. The second kappa shape index (κ2) is 12.1. The highest BCUT2D eigenvalue weighted by molar-refractivity contribution is 7.16. The molecule has 0 saturated carbocycles. The number of carbonyl (C=O) groups excluding carboxylic acids is 2. The maximum atomic E-state index is 13.6. The van der Waals surface area contributed by atoms with Crippen LogP contribution in [0.4, 0.5) is 10.7 Å². The fourth-order valence-electron chi connectivity index (χ4n) is 5.39. The summed E-state index contributed by atoms with van der Waals surface area (Å²) in [7, 11) is 0. The number of benzene rings is 2. The van der Waals surface area contributed by atoms with E-state index in [-0.39, 0.29) is 23.4 Å². The van der Waals surface area contributed by atoms with Crippen LogP contribution in [-0.2, 0) is 17.6 Å². The molecular weight excluding hydrogens is 544 g/mol. The van der Waals surface area contributed by atoms with Crippen LogP contribution < -0.4 is 5.32 Å². The fraction of sp³-hybridized carbons (Fsp3) is 0.343. The van der Waals surface area contributed by atoms with E-state index in [2.05, 4.69) is 26.1 Å². The summed E-state index contributed by atoms with van der Waals surface area (Å²) in [5, 5.41) is 3.77. The van der Waals surface area contributed by atoms with E-state index in [0.717, 1.165) is 41.6 Å². The molecule has 42 heavy (non-hydrogen) atoms. The summed E-state index contributed by atoms with van der Waals surface area (Å²) in [6.45, 7) is 12.5. The predicted octanol–water partition coefficient (Wildman–Crippen LogP) is 9.04. The van der Waals surface area contributed by atoms with Crippen molar-refractivity contribution in [3.8, 4) is 11.3 Å². The molecule has 0 radical (unpaired) electrons. The van der Waals surface area contributed by atoms with Crippen LogP contribution in [0, 0.1) is 18.3 Å². The summed E-state index contributed by atoms with van der Waals surface area (Å²) < 4.78 is 11.5. The molecule has 2 aromatic heterocycles. The van der Waals surface area contributed by atoms with Gasteiger partial charge in [0.15, 0.2) is 0 Å². The zero-order valence-corrected chi connectivity index (χ0v) is 25.9. The predicted molar refractivity (Wildman–Crippen MR) is 170 cm³/mol. The molecule has 0 saturated heterocycles. The molecule has 5 rings (SSSR count). The highest BCUT2D eigenvalue weighted by atomic mass is 32.1. The van der Waals surface area contributed by atoms with Crippen molar-refractivity contribution in [1.29, 1.82) is 0 Å². The molecule has 0 spiro atoms. The van der Waals surface area contributed by atoms with Gasteiger partial charge in [-0.25, -0.2) is 9.79 Å². The first-order chi connectivity index (χ1) is 20.0. The number of esters is 1. The van der Waals surface area contributed by atoms with Crippen LogP contribution in [-0.4, -0.2) is 24.2 Å². The molecule has 1 atom stereocenters. The Kier molecular flexibility index (Phi) is 8.50. The van der Waals surface area contributed by atoms with Crippen LogP contribution in [0.2, 0.25) is 0 Å². The number of anilines is 1. The summed E-state index contributed by atoms with van der Waals surface area (Å²) in [6.07, 6.45) is 4.38. The minimum atomic E-state index is -0.341. The van der Waals surface area contributed by atoms with Gasteiger partial charge in [-0.05, 0) is 98.9 Å². The number of para-hydroxylation sites is 1. The van der Waals surface area contributed by atoms with Crippen molar-refractivity contribution in [3.05, 3.63) is 93.6 Å². The molecule has 0 unspecified atom stereocenters. The van der Waals surface area contributed by atoms with E-state index < -0.39 is 0 Å². The van der Waals surface area contributed by atoms with E-state index in [1.165, 1.54) is 4.88 Å². The van der Waals surface area contributed by atoms with Crippen molar-refractivity contribution in [2.45, 2.75) is 66.9 Å². The summed E-state index contributed by atoms with van der Waals surface area (Å²) in [5.41, 5.74) is 5.04. The van der Waals surface area contributed by atoms with Crippen LogP contribution in [0.25, 0.3) is 11.3 Å². The number of thiophene rings is 1. The second-order valence-corrected chi connectivity index (χ2v) is 13.3. The van der Waals surface area contributed by atoms with Crippen LogP contribution in [0.1, 0.15) is 83.5 Å². The number of amides is 1. The van der Waals surface area contributed by atoms with Crippen molar-refractivity contribution >= 4 is 40.1 Å². The van der Waals surface area contributed by atoms with E-state index in [1.807, 2.05) is 75.4 Å². The average molecular weight is 583 g/mol. The number of rotatable bonds is 7. The van der Waals surface area contributed by atoms with Gasteiger partial charge >= 0.3 is 5.97 Å². The number of nitrogens with zero attached hydrogens (tertiary/aromatic N) is 1. The Hall–Kier alpha value is -3.97. The Balaban J connectivity index is 1.42. The summed E-state index contributed by atoms with van der Waals surface area (Å²) in [4.78, 5) is 31.9. The molecule has 218 valence electrons. The number of furan rings is 1. The van der Waals surface area contributed by atoms with Gasteiger partial charge in [0.1, 0.15) is 16.5 Å². The third kappa shape index (κ3) is 6.57. The number of ether oxygens (including phenoxy) is 1. The van der Waals surface area contributed by atoms with Crippen LogP contribution >= 0.6 is 11.3 Å². The standard InChI is InChI=1S/C35H38N2O4S/c1-21(2)40-34(39)23-12-15-27(22(3)18-23)29-17-14-26(41-29)20-36-33-31(32(38)37-25-10-8-7-9-11-25)28-16-13-24(35(4,5)6)19-30(28)42-33/h7-12,14-15,17-18,20-21,24H,13,16,19H2,1-6H3,(H,37,38)/t24-/m1/s1. The maximum absolute atomic E-state index is 13.6. The highest BCUT2D eigenvalue weighted by Crippen LogP contribution is 2.45. The summed E-state index contributed by atoms with van der Waals surface area (Å²) in [5.74, 6) is 1.35. The number of fused-ring (bicyclic) bond motifs is 1. The molecule has 0 bridgehead atoms. The van der Waals surface area contributed by atoms with Crippen LogP contribution in [0.5, 0.6) is 0 Å². The first kappa shape index (κ1) is 29.5. The van der Waals surface area contributed by atoms with Crippen LogP contribution in [0.15, 0.2) is 70.1 Å². The van der Waals surface area contributed by atoms with Gasteiger partial charge in [0, 0.05) is 16.1 Å². The summed E-state index contributed by atoms with van der Waals surface area (Å²) in [6, 6.07) is 18.7. The molecule has 7 heteroatoms. The smallest absolute Gasteiger partial charge is 0.338 e. The quantitative estimate of drug-likeness (QED) is 0.174. The lowest BCUT2D eigenvalue weighted by molar-refractivity contribution is 0.0377. The third-order valence-corrected chi connectivity index (χ3v) is 8.90. The first-order valence-corrected chi connectivity index (χ1v) is 15.3. The van der Waals surface area contributed by atoms with Crippen molar-refractivity contribution in [1.82, 2.24) is 0 Å². The minimum Gasteiger partial charge on any atom is -0.459 e. The number of hydrogen-bond donors (Lipinski definition) is 1. The Bertz CT molecular complexity index is 1620. The normalized spacial score (nSPS) is 15.2. The SMILES string of the molecule is Cc1cc(C(=O)OC(C)C)ccc1-c1ccc(C=Nc2sc3c(c2C(=O)Nc2ccccc2)CC[C@@H](C(C)(C)C)C3)o1. The van der Waals surface area contributed by atoms with E-state index >= 15 is 0 Å². The van der Waals surface area contributed by atoms with Gasteiger partial charge in [0.25, 0.3) is 5.91 Å². The average Bonchev–Trinajstić information content (AvgIpc) is 3.55. The molecule has 1 aliphatic carbocycles. The van der Waals surface area contributed by atoms with Crippen molar-refractivity contribution in [2.24, 2.45) is 16.3 Å². The lowest BCUT2D eigenvalue weighted by Crippen LogP contribution is -2.27. The molecular formula is C35H38N2O4S. The van der Waals surface area contributed by atoms with Gasteiger partial charge in [-0.3, -0.25) is 4.79 Å². The summed E-state index contributed by atoms with van der Waals surface area (Å²) >= 11 is 1.61. The Morgan fingerprint density at radius 1 is 1.10 bits per heavy atom.